The summed E-state index contributed by atoms with van der Waals surface area (Å²) in [7, 11) is 0. The third-order valence-electron chi connectivity index (χ3n) is 2.97. The maximum absolute atomic E-state index is 12.2. The molecular formula is C17H15Cl2N3O2. The molecule has 0 aliphatic heterocycles. The van der Waals surface area contributed by atoms with Crippen LogP contribution in [0.25, 0.3) is 0 Å². The van der Waals surface area contributed by atoms with Crippen molar-refractivity contribution in [1.29, 1.82) is 0 Å². The smallest absolute Gasteiger partial charge is 0.260 e. The zero-order valence-electron chi connectivity index (χ0n) is 12.8. The van der Waals surface area contributed by atoms with E-state index in [-0.39, 0.29) is 11.3 Å². The first-order valence-corrected chi connectivity index (χ1v) is 7.73. The molecule has 1 amide bonds. The number of hydrazone groups is 1. The normalized spacial score (nSPS) is 12.0. The minimum atomic E-state index is -0.482. The van der Waals surface area contributed by atoms with E-state index in [2.05, 4.69) is 15.8 Å². The van der Waals surface area contributed by atoms with Gasteiger partial charge in [-0.15, -0.1) is 0 Å². The van der Waals surface area contributed by atoms with Gasteiger partial charge in [0.25, 0.3) is 5.91 Å². The number of hydrogen-bond acceptors (Lipinski definition) is 4. The highest BCUT2D eigenvalue weighted by Crippen LogP contribution is 2.25. The molecule has 24 heavy (non-hydrogen) atoms. The molecular weight excluding hydrogens is 349 g/mol. The molecule has 0 fully saturated rings. The summed E-state index contributed by atoms with van der Waals surface area (Å²) in [4.78, 5) is 12.2. The maximum Gasteiger partial charge on any atom is 0.260 e. The third-order valence-corrected chi connectivity index (χ3v) is 3.54. The fourth-order valence-electron chi connectivity index (χ4n) is 1.79. The van der Waals surface area contributed by atoms with Crippen LogP contribution in [-0.2, 0) is 4.79 Å². The summed E-state index contributed by atoms with van der Waals surface area (Å²) in [5.74, 6) is -0.643. The van der Waals surface area contributed by atoms with Crippen molar-refractivity contribution in [1.82, 2.24) is 0 Å². The highest BCUT2D eigenvalue weighted by Gasteiger charge is 2.11. The van der Waals surface area contributed by atoms with Gasteiger partial charge in [0.05, 0.1) is 22.5 Å². The molecule has 0 atom stereocenters. The first-order chi connectivity index (χ1) is 11.5. The van der Waals surface area contributed by atoms with Gasteiger partial charge in [-0.25, -0.2) is 0 Å². The standard InChI is InChI=1S/C17H15Cl2N3O2/c1-11(23)14(17(24)21-13-5-3-2-4-6-13)10-20-22-16-9-12(18)7-8-15(16)19/h2-10,22-23H,1H3,(H,21,24). The molecule has 7 heteroatoms. The topological polar surface area (TPSA) is 73.7 Å². The highest BCUT2D eigenvalue weighted by atomic mass is 35.5. The predicted octanol–water partition coefficient (Wildman–Crippen LogP) is 4.86. The van der Waals surface area contributed by atoms with Crippen LogP contribution in [0, 0.1) is 0 Å². The van der Waals surface area contributed by atoms with E-state index >= 15 is 0 Å². The number of allylic oxidation sites excluding steroid dienone is 1. The van der Waals surface area contributed by atoms with Gasteiger partial charge in [-0.3, -0.25) is 10.2 Å². The quantitative estimate of drug-likeness (QED) is 0.307. The number of aliphatic hydroxyl groups is 1. The van der Waals surface area contributed by atoms with Crippen LogP contribution in [0.3, 0.4) is 0 Å². The molecule has 3 N–H and O–H groups in total. The number of carbonyl (C=O) groups excluding carboxylic acids is 1. The summed E-state index contributed by atoms with van der Waals surface area (Å²) in [6.45, 7) is 1.40. The number of anilines is 2. The lowest BCUT2D eigenvalue weighted by atomic mass is 10.2. The van der Waals surface area contributed by atoms with Crippen LogP contribution < -0.4 is 10.7 Å². The van der Waals surface area contributed by atoms with Crippen LogP contribution in [0.15, 0.2) is 65.0 Å². The molecule has 0 spiro atoms. The average Bonchev–Trinajstić information content (AvgIpc) is 2.55. The SMILES string of the molecule is CC(O)=C(C=NNc1cc(Cl)ccc1Cl)C(=O)Nc1ccccc1. The lowest BCUT2D eigenvalue weighted by molar-refractivity contribution is -0.112. The number of amides is 1. The van der Waals surface area contributed by atoms with Crippen LogP contribution in [0.5, 0.6) is 0 Å². The molecule has 0 bridgehead atoms. The minimum absolute atomic E-state index is 0.0181. The second kappa shape index (κ2) is 8.38. The monoisotopic (exact) mass is 363 g/mol. The summed E-state index contributed by atoms with van der Waals surface area (Å²) >= 11 is 11.9. The number of nitrogens with zero attached hydrogens (tertiary/aromatic N) is 1. The molecule has 5 nitrogen and oxygen atoms in total. The highest BCUT2D eigenvalue weighted by molar-refractivity contribution is 6.35. The van der Waals surface area contributed by atoms with E-state index in [9.17, 15) is 9.90 Å². The van der Waals surface area contributed by atoms with Crippen molar-refractivity contribution in [3.8, 4) is 0 Å². The van der Waals surface area contributed by atoms with Crippen LogP contribution in [0.1, 0.15) is 6.92 Å². The van der Waals surface area contributed by atoms with E-state index < -0.39 is 5.91 Å². The molecule has 0 saturated carbocycles. The Kier molecular flexibility index (Phi) is 6.23. The van der Waals surface area contributed by atoms with Gasteiger partial charge < -0.3 is 10.4 Å². The molecule has 124 valence electrons. The van der Waals surface area contributed by atoms with Gasteiger partial charge in [-0.05, 0) is 37.3 Å². The van der Waals surface area contributed by atoms with E-state index in [1.807, 2.05) is 6.07 Å². The Morgan fingerprint density at radius 1 is 1.17 bits per heavy atom. The van der Waals surface area contributed by atoms with Gasteiger partial charge >= 0.3 is 0 Å². The van der Waals surface area contributed by atoms with E-state index in [0.29, 0.717) is 21.4 Å². The summed E-state index contributed by atoms with van der Waals surface area (Å²) in [6.07, 6.45) is 1.21. The third kappa shape index (κ3) is 5.01. The molecule has 2 aromatic carbocycles. The number of nitrogens with one attached hydrogen (secondary N) is 2. The number of halogens is 2. The van der Waals surface area contributed by atoms with Crippen molar-refractivity contribution < 1.29 is 9.90 Å². The van der Waals surface area contributed by atoms with E-state index in [1.54, 1.807) is 42.5 Å². The van der Waals surface area contributed by atoms with Gasteiger partial charge in [0.1, 0.15) is 5.76 Å². The van der Waals surface area contributed by atoms with Gasteiger partial charge in [0, 0.05) is 10.7 Å². The Morgan fingerprint density at radius 3 is 2.54 bits per heavy atom. The number of para-hydroxylation sites is 1. The van der Waals surface area contributed by atoms with Crippen molar-refractivity contribution in [3.63, 3.8) is 0 Å². The van der Waals surface area contributed by atoms with Crippen molar-refractivity contribution >= 4 is 46.7 Å². The lowest BCUT2D eigenvalue weighted by Crippen LogP contribution is -2.17. The number of carbonyl (C=O) groups is 1. The van der Waals surface area contributed by atoms with E-state index in [4.69, 9.17) is 23.2 Å². The lowest BCUT2D eigenvalue weighted by Gasteiger charge is -2.07. The molecule has 0 saturated heterocycles. The van der Waals surface area contributed by atoms with E-state index in [0.717, 1.165) is 0 Å². The minimum Gasteiger partial charge on any atom is -0.512 e. The first-order valence-electron chi connectivity index (χ1n) is 6.97. The van der Waals surface area contributed by atoms with Crippen molar-refractivity contribution in [2.45, 2.75) is 6.92 Å². The van der Waals surface area contributed by atoms with Crippen LogP contribution >= 0.6 is 23.2 Å². The number of rotatable bonds is 5. The molecule has 0 radical (unpaired) electrons. The van der Waals surface area contributed by atoms with Gasteiger partial charge in [-0.1, -0.05) is 41.4 Å². The predicted molar refractivity (Wildman–Crippen MR) is 99.0 cm³/mol. The number of benzene rings is 2. The summed E-state index contributed by atoms with van der Waals surface area (Å²) in [6, 6.07) is 13.8. The first kappa shape index (κ1) is 17.8. The summed E-state index contributed by atoms with van der Waals surface area (Å²) in [5, 5.41) is 17.2. The number of hydrogen-bond donors (Lipinski definition) is 3. The van der Waals surface area contributed by atoms with Gasteiger partial charge in [-0.2, -0.15) is 5.10 Å². The average molecular weight is 364 g/mol. The molecule has 2 aromatic rings. The second-order valence-corrected chi connectivity index (χ2v) is 5.66. The zero-order chi connectivity index (χ0) is 17.5. The molecule has 0 unspecified atom stereocenters. The molecule has 0 aliphatic carbocycles. The summed E-state index contributed by atoms with van der Waals surface area (Å²) < 4.78 is 0. The Morgan fingerprint density at radius 2 is 1.88 bits per heavy atom. The molecule has 0 aromatic heterocycles. The largest absolute Gasteiger partial charge is 0.512 e. The maximum atomic E-state index is 12.2. The van der Waals surface area contributed by atoms with Gasteiger partial charge in [0.2, 0.25) is 0 Å². The van der Waals surface area contributed by atoms with Crippen LogP contribution in [0.4, 0.5) is 11.4 Å². The molecule has 0 aliphatic rings. The van der Waals surface area contributed by atoms with Crippen molar-refractivity contribution in [2.75, 3.05) is 10.7 Å². The van der Waals surface area contributed by atoms with Crippen molar-refractivity contribution in [2.24, 2.45) is 5.10 Å². The zero-order valence-corrected chi connectivity index (χ0v) is 14.3. The summed E-state index contributed by atoms with van der Waals surface area (Å²) in [5.41, 5.74) is 3.80. The van der Waals surface area contributed by atoms with E-state index in [1.165, 1.54) is 13.1 Å². The van der Waals surface area contributed by atoms with Crippen LogP contribution in [-0.4, -0.2) is 17.2 Å². The second-order valence-electron chi connectivity index (χ2n) is 4.81. The molecule has 0 heterocycles. The van der Waals surface area contributed by atoms with Crippen LogP contribution in [0.2, 0.25) is 10.0 Å². The Labute approximate surface area is 149 Å². The molecule has 2 rings (SSSR count). The number of aliphatic hydroxyl groups excluding tert-OH is 1. The Balaban J connectivity index is 2.10. The van der Waals surface area contributed by atoms with Gasteiger partial charge in [0.15, 0.2) is 0 Å². The fourth-order valence-corrected chi connectivity index (χ4v) is 2.12. The fraction of sp³-hybridized carbons (Fsp3) is 0.0588. The Hall–Kier alpha value is -2.50. The Bertz CT molecular complexity index is 786. The van der Waals surface area contributed by atoms with Crippen molar-refractivity contribution in [3.05, 3.63) is 69.9 Å².